The van der Waals surface area contributed by atoms with Gasteiger partial charge in [0.1, 0.15) is 5.75 Å². The lowest BCUT2D eigenvalue weighted by Gasteiger charge is -2.36. The standard InChI is InChI=1S/C25H32N4O3/c1-4-27-11-13-28(14-12-27)21-10-9-20(15-18(21)2)26-25(31)19-16-24(30)29(17-19)22-7-5-6-8-23(22)32-3/h5-10,15,19H,4,11-14,16-17H2,1-3H3,(H,26,31)/t19-/m0/s1. The number of amides is 2. The van der Waals surface area contributed by atoms with E-state index in [2.05, 4.69) is 35.0 Å². The van der Waals surface area contributed by atoms with Crippen LogP contribution in [0.4, 0.5) is 17.1 Å². The maximum Gasteiger partial charge on any atom is 0.229 e. The molecule has 2 fully saturated rings. The van der Waals surface area contributed by atoms with Crippen LogP contribution in [0.3, 0.4) is 0 Å². The first-order valence-electron chi connectivity index (χ1n) is 11.3. The monoisotopic (exact) mass is 436 g/mol. The SMILES string of the molecule is CCN1CCN(c2ccc(NC(=O)[C@H]3CC(=O)N(c4ccccc4OC)C3)cc2C)CC1. The number of hydrogen-bond donors (Lipinski definition) is 1. The van der Waals surface area contributed by atoms with Crippen molar-refractivity contribution in [2.24, 2.45) is 5.92 Å². The Morgan fingerprint density at radius 3 is 2.53 bits per heavy atom. The van der Waals surface area contributed by atoms with Crippen LogP contribution in [0.25, 0.3) is 0 Å². The van der Waals surface area contributed by atoms with Crippen LogP contribution in [-0.4, -0.2) is 63.1 Å². The highest BCUT2D eigenvalue weighted by Gasteiger charge is 2.36. The van der Waals surface area contributed by atoms with Gasteiger partial charge in [-0.25, -0.2) is 0 Å². The molecule has 0 aliphatic carbocycles. The number of nitrogens with one attached hydrogen (secondary N) is 1. The Morgan fingerprint density at radius 2 is 1.84 bits per heavy atom. The van der Waals surface area contributed by atoms with Crippen LogP contribution in [0, 0.1) is 12.8 Å². The van der Waals surface area contributed by atoms with Gasteiger partial charge in [-0.15, -0.1) is 0 Å². The second-order valence-corrected chi connectivity index (χ2v) is 8.49. The van der Waals surface area contributed by atoms with E-state index in [9.17, 15) is 9.59 Å². The summed E-state index contributed by atoms with van der Waals surface area (Å²) in [5.41, 5.74) is 3.84. The van der Waals surface area contributed by atoms with Crippen molar-refractivity contribution in [1.82, 2.24) is 4.90 Å². The van der Waals surface area contributed by atoms with Crippen LogP contribution >= 0.6 is 0 Å². The molecule has 7 heteroatoms. The quantitative estimate of drug-likeness (QED) is 0.754. The van der Waals surface area contributed by atoms with Gasteiger partial charge in [-0.05, 0) is 49.4 Å². The van der Waals surface area contributed by atoms with Gasteiger partial charge in [0.15, 0.2) is 0 Å². The molecular weight excluding hydrogens is 404 g/mol. The van der Waals surface area contributed by atoms with Gasteiger partial charge in [-0.3, -0.25) is 9.59 Å². The zero-order valence-electron chi connectivity index (χ0n) is 19.1. The molecule has 0 unspecified atom stereocenters. The number of piperazine rings is 1. The Bertz CT molecular complexity index is 985. The van der Waals surface area contributed by atoms with Gasteiger partial charge in [0.25, 0.3) is 0 Å². The van der Waals surface area contributed by atoms with Crippen molar-refractivity contribution in [3.63, 3.8) is 0 Å². The lowest BCUT2D eigenvalue weighted by molar-refractivity contribution is -0.122. The summed E-state index contributed by atoms with van der Waals surface area (Å²) in [6.45, 7) is 9.91. The van der Waals surface area contributed by atoms with E-state index >= 15 is 0 Å². The number of para-hydroxylation sites is 2. The lowest BCUT2D eigenvalue weighted by Crippen LogP contribution is -2.46. The average molecular weight is 437 g/mol. The fourth-order valence-electron chi connectivity index (χ4n) is 4.61. The number of anilines is 3. The number of ether oxygens (including phenoxy) is 1. The molecule has 1 atom stereocenters. The van der Waals surface area contributed by atoms with Crippen molar-refractivity contribution in [1.29, 1.82) is 0 Å². The molecule has 170 valence electrons. The lowest BCUT2D eigenvalue weighted by atomic mass is 10.1. The third-order valence-corrected chi connectivity index (χ3v) is 6.50. The highest BCUT2D eigenvalue weighted by Crippen LogP contribution is 2.33. The number of likely N-dealkylation sites (N-methyl/N-ethyl adjacent to an activating group) is 1. The number of carbonyl (C=O) groups excluding carboxylic acids is 2. The summed E-state index contributed by atoms with van der Waals surface area (Å²) < 4.78 is 5.38. The molecule has 2 aliphatic heterocycles. The van der Waals surface area contributed by atoms with Crippen LogP contribution in [0.15, 0.2) is 42.5 Å². The first-order valence-corrected chi connectivity index (χ1v) is 11.3. The van der Waals surface area contributed by atoms with Gasteiger partial charge < -0.3 is 24.8 Å². The molecule has 2 aromatic carbocycles. The summed E-state index contributed by atoms with van der Waals surface area (Å²) in [7, 11) is 1.58. The number of hydrogen-bond acceptors (Lipinski definition) is 5. The summed E-state index contributed by atoms with van der Waals surface area (Å²) in [6.07, 6.45) is 0.197. The Balaban J connectivity index is 1.40. The molecule has 2 amide bonds. The molecule has 1 N–H and O–H groups in total. The second kappa shape index (κ2) is 9.61. The number of methoxy groups -OCH3 is 1. The number of benzene rings is 2. The van der Waals surface area contributed by atoms with Crippen molar-refractivity contribution < 1.29 is 14.3 Å². The molecule has 0 aromatic heterocycles. The van der Waals surface area contributed by atoms with Gasteiger partial charge in [-0.1, -0.05) is 19.1 Å². The highest BCUT2D eigenvalue weighted by atomic mass is 16.5. The summed E-state index contributed by atoms with van der Waals surface area (Å²) in [6, 6.07) is 13.5. The van der Waals surface area contributed by atoms with Crippen LogP contribution in [0.2, 0.25) is 0 Å². The summed E-state index contributed by atoms with van der Waals surface area (Å²) >= 11 is 0. The zero-order chi connectivity index (χ0) is 22.7. The van der Waals surface area contributed by atoms with E-state index in [-0.39, 0.29) is 18.2 Å². The predicted octanol–water partition coefficient (Wildman–Crippen LogP) is 3.14. The van der Waals surface area contributed by atoms with E-state index in [0.29, 0.717) is 18.0 Å². The van der Waals surface area contributed by atoms with E-state index in [1.165, 1.54) is 5.69 Å². The Kier molecular flexibility index (Phi) is 6.65. The number of nitrogens with zero attached hydrogens (tertiary/aromatic N) is 3. The summed E-state index contributed by atoms with van der Waals surface area (Å²) in [5.74, 6) is 0.0502. The summed E-state index contributed by atoms with van der Waals surface area (Å²) in [4.78, 5) is 32.0. The normalized spacial score (nSPS) is 19.3. The number of aryl methyl sites for hydroxylation is 1. The Morgan fingerprint density at radius 1 is 1.09 bits per heavy atom. The smallest absolute Gasteiger partial charge is 0.229 e. The molecule has 7 nitrogen and oxygen atoms in total. The number of rotatable bonds is 6. The van der Waals surface area contributed by atoms with Gasteiger partial charge in [-0.2, -0.15) is 0 Å². The molecule has 4 rings (SSSR count). The molecule has 0 bridgehead atoms. The van der Waals surface area contributed by atoms with Crippen molar-refractivity contribution in [2.45, 2.75) is 20.3 Å². The fraction of sp³-hybridized carbons (Fsp3) is 0.440. The van der Waals surface area contributed by atoms with Gasteiger partial charge in [0, 0.05) is 50.5 Å². The molecule has 0 radical (unpaired) electrons. The fourth-order valence-corrected chi connectivity index (χ4v) is 4.61. The van der Waals surface area contributed by atoms with Crippen LogP contribution < -0.4 is 19.9 Å². The van der Waals surface area contributed by atoms with Gasteiger partial charge in [0.05, 0.1) is 18.7 Å². The number of carbonyl (C=O) groups is 2. The maximum atomic E-state index is 12.9. The van der Waals surface area contributed by atoms with Crippen LogP contribution in [-0.2, 0) is 9.59 Å². The molecule has 2 heterocycles. The van der Waals surface area contributed by atoms with E-state index in [0.717, 1.165) is 44.0 Å². The molecular formula is C25H32N4O3. The van der Waals surface area contributed by atoms with E-state index in [4.69, 9.17) is 4.74 Å². The van der Waals surface area contributed by atoms with Gasteiger partial charge in [0.2, 0.25) is 11.8 Å². The minimum Gasteiger partial charge on any atom is -0.495 e. The molecule has 0 saturated carbocycles. The largest absolute Gasteiger partial charge is 0.495 e. The van der Waals surface area contributed by atoms with E-state index < -0.39 is 5.92 Å². The Labute approximate surface area is 189 Å². The minimum atomic E-state index is -0.394. The van der Waals surface area contributed by atoms with E-state index in [1.807, 2.05) is 36.4 Å². The molecule has 32 heavy (non-hydrogen) atoms. The first-order chi connectivity index (χ1) is 15.5. The highest BCUT2D eigenvalue weighted by molar-refractivity contribution is 6.04. The molecule has 2 aliphatic rings. The topological polar surface area (TPSA) is 65.1 Å². The Hall–Kier alpha value is -3.06. The average Bonchev–Trinajstić information content (AvgIpc) is 3.21. The predicted molar refractivity (Wildman–Crippen MR) is 128 cm³/mol. The van der Waals surface area contributed by atoms with Crippen molar-refractivity contribution in [3.05, 3.63) is 48.0 Å². The van der Waals surface area contributed by atoms with E-state index in [1.54, 1.807) is 12.0 Å². The molecule has 2 aromatic rings. The third-order valence-electron chi connectivity index (χ3n) is 6.50. The summed E-state index contributed by atoms with van der Waals surface area (Å²) in [5, 5.41) is 3.02. The van der Waals surface area contributed by atoms with Crippen molar-refractivity contribution in [2.75, 3.05) is 61.5 Å². The van der Waals surface area contributed by atoms with Crippen molar-refractivity contribution in [3.8, 4) is 5.75 Å². The zero-order valence-corrected chi connectivity index (χ0v) is 19.1. The molecule has 2 saturated heterocycles. The van der Waals surface area contributed by atoms with Crippen LogP contribution in [0.5, 0.6) is 5.75 Å². The van der Waals surface area contributed by atoms with Gasteiger partial charge >= 0.3 is 0 Å². The molecule has 0 spiro atoms. The third kappa shape index (κ3) is 4.58. The maximum absolute atomic E-state index is 12.9. The van der Waals surface area contributed by atoms with Crippen molar-refractivity contribution >= 4 is 28.9 Å². The minimum absolute atomic E-state index is 0.0626. The van der Waals surface area contributed by atoms with Crippen LogP contribution in [0.1, 0.15) is 18.9 Å². The first kappa shape index (κ1) is 22.1. The second-order valence-electron chi connectivity index (χ2n) is 8.49.